The van der Waals surface area contributed by atoms with Crippen LogP contribution < -0.4 is 0 Å². The highest BCUT2D eigenvalue weighted by Gasteiger charge is 2.23. The molecule has 1 aliphatic rings. The van der Waals surface area contributed by atoms with Gasteiger partial charge in [-0.05, 0) is 6.92 Å². The lowest BCUT2D eigenvalue weighted by Gasteiger charge is -2.32. The number of carboxylic acids is 1. The molecule has 0 spiro atoms. The Labute approximate surface area is 106 Å². The Morgan fingerprint density at radius 3 is 2.83 bits per heavy atom. The van der Waals surface area contributed by atoms with Crippen molar-refractivity contribution in [3.63, 3.8) is 0 Å². The number of hydrogen-bond donors (Lipinski definition) is 1. The van der Waals surface area contributed by atoms with Crippen molar-refractivity contribution in [2.45, 2.75) is 13.0 Å². The summed E-state index contributed by atoms with van der Waals surface area (Å²) in [5.41, 5.74) is 0. The lowest BCUT2D eigenvalue weighted by Crippen LogP contribution is -2.49. The van der Waals surface area contributed by atoms with Crippen molar-refractivity contribution in [1.29, 1.82) is 0 Å². The third-order valence-corrected chi connectivity index (χ3v) is 2.63. The summed E-state index contributed by atoms with van der Waals surface area (Å²) in [4.78, 5) is 25.7. The van der Waals surface area contributed by atoms with E-state index in [4.69, 9.17) is 16.3 Å². The van der Waals surface area contributed by atoms with Gasteiger partial charge >= 0.3 is 5.97 Å². The number of carbonyl (C=O) groups is 2. The largest absolute Gasteiger partial charge is 0.480 e. The third-order valence-electron chi connectivity index (χ3n) is 2.63. The molecule has 0 aromatic carbocycles. The molecule has 1 unspecified atom stereocenters. The molecular formula is C12H18N2O4. The Morgan fingerprint density at radius 2 is 2.28 bits per heavy atom. The molecule has 0 bridgehead atoms. The first-order valence-electron chi connectivity index (χ1n) is 5.80. The molecule has 1 rings (SSSR count). The molecule has 6 nitrogen and oxygen atoms in total. The SMILES string of the molecule is C#CCN(CC(=O)O)CC(=O)N1CCOC(C)C1. The summed E-state index contributed by atoms with van der Waals surface area (Å²) in [6.45, 7) is 3.45. The van der Waals surface area contributed by atoms with E-state index in [-0.39, 0.29) is 31.6 Å². The van der Waals surface area contributed by atoms with Crippen LogP contribution in [0.4, 0.5) is 0 Å². The summed E-state index contributed by atoms with van der Waals surface area (Å²) in [5.74, 6) is 1.26. The molecule has 6 heteroatoms. The summed E-state index contributed by atoms with van der Waals surface area (Å²) in [6.07, 6.45) is 5.17. The molecule has 0 aliphatic carbocycles. The minimum Gasteiger partial charge on any atom is -0.480 e. The van der Waals surface area contributed by atoms with Crippen LogP contribution in [-0.4, -0.2) is 72.2 Å². The second-order valence-corrected chi connectivity index (χ2v) is 4.26. The number of hydrogen-bond acceptors (Lipinski definition) is 4. The van der Waals surface area contributed by atoms with Gasteiger partial charge in [-0.15, -0.1) is 6.42 Å². The molecule has 1 N–H and O–H groups in total. The van der Waals surface area contributed by atoms with Gasteiger partial charge in [-0.1, -0.05) is 5.92 Å². The topological polar surface area (TPSA) is 70.1 Å². The quantitative estimate of drug-likeness (QED) is 0.654. The maximum absolute atomic E-state index is 12.0. The standard InChI is InChI=1S/C12H18N2O4/c1-3-4-13(9-12(16)17)8-11(15)14-5-6-18-10(2)7-14/h1,10H,4-9H2,2H3,(H,16,17). The Morgan fingerprint density at radius 1 is 1.56 bits per heavy atom. The van der Waals surface area contributed by atoms with Gasteiger partial charge < -0.3 is 14.7 Å². The molecule has 1 amide bonds. The van der Waals surface area contributed by atoms with Crippen LogP contribution >= 0.6 is 0 Å². The van der Waals surface area contributed by atoms with Crippen LogP contribution in [-0.2, 0) is 14.3 Å². The zero-order valence-corrected chi connectivity index (χ0v) is 10.5. The predicted octanol–water partition coefficient (Wildman–Crippen LogP) is -0.746. The highest BCUT2D eigenvalue weighted by molar-refractivity contribution is 5.79. The first-order valence-corrected chi connectivity index (χ1v) is 5.80. The van der Waals surface area contributed by atoms with Gasteiger partial charge in [0.2, 0.25) is 5.91 Å². The molecule has 1 saturated heterocycles. The fourth-order valence-corrected chi connectivity index (χ4v) is 1.82. The molecule has 1 fully saturated rings. The zero-order valence-electron chi connectivity index (χ0n) is 10.5. The molecule has 18 heavy (non-hydrogen) atoms. The van der Waals surface area contributed by atoms with E-state index in [1.807, 2.05) is 6.92 Å². The van der Waals surface area contributed by atoms with Crippen LogP contribution in [0.1, 0.15) is 6.92 Å². The summed E-state index contributed by atoms with van der Waals surface area (Å²) in [6, 6.07) is 0. The molecule has 0 aromatic rings. The van der Waals surface area contributed by atoms with Gasteiger partial charge in [0.15, 0.2) is 0 Å². The van der Waals surface area contributed by atoms with Gasteiger partial charge in [0.25, 0.3) is 0 Å². The number of carbonyl (C=O) groups excluding carboxylic acids is 1. The van der Waals surface area contributed by atoms with Crippen LogP contribution in [0.15, 0.2) is 0 Å². The minimum absolute atomic E-state index is 0.0169. The van der Waals surface area contributed by atoms with E-state index in [0.29, 0.717) is 19.7 Å². The molecule has 1 aliphatic heterocycles. The number of morpholine rings is 1. The van der Waals surface area contributed by atoms with Gasteiger partial charge in [0.1, 0.15) is 0 Å². The predicted molar refractivity (Wildman–Crippen MR) is 64.9 cm³/mol. The molecule has 1 atom stereocenters. The van der Waals surface area contributed by atoms with Gasteiger partial charge in [0, 0.05) is 13.1 Å². The summed E-state index contributed by atoms with van der Waals surface area (Å²) in [5, 5.41) is 8.72. The van der Waals surface area contributed by atoms with E-state index in [2.05, 4.69) is 5.92 Å². The van der Waals surface area contributed by atoms with Gasteiger partial charge in [-0.25, -0.2) is 0 Å². The highest BCUT2D eigenvalue weighted by atomic mass is 16.5. The maximum atomic E-state index is 12.0. The van der Waals surface area contributed by atoms with E-state index in [1.54, 1.807) is 4.90 Å². The van der Waals surface area contributed by atoms with Crippen molar-refractivity contribution in [2.24, 2.45) is 0 Å². The maximum Gasteiger partial charge on any atom is 0.317 e. The monoisotopic (exact) mass is 254 g/mol. The van der Waals surface area contributed by atoms with Crippen LogP contribution in [0.25, 0.3) is 0 Å². The smallest absolute Gasteiger partial charge is 0.317 e. The number of amides is 1. The number of ether oxygens (including phenoxy) is 1. The summed E-state index contributed by atoms with van der Waals surface area (Å²) >= 11 is 0. The number of rotatable bonds is 5. The number of aliphatic carboxylic acids is 1. The van der Waals surface area contributed by atoms with Crippen molar-refractivity contribution in [1.82, 2.24) is 9.80 Å². The Kier molecular flexibility index (Phi) is 5.62. The lowest BCUT2D eigenvalue weighted by molar-refractivity contribution is -0.142. The molecule has 0 aromatic heterocycles. The van der Waals surface area contributed by atoms with Crippen molar-refractivity contribution < 1.29 is 19.4 Å². The summed E-state index contributed by atoms with van der Waals surface area (Å²) in [7, 11) is 0. The van der Waals surface area contributed by atoms with Gasteiger partial charge in [-0.2, -0.15) is 0 Å². The number of carboxylic acid groups (broad SMARTS) is 1. The van der Waals surface area contributed by atoms with E-state index in [0.717, 1.165) is 0 Å². The molecule has 0 radical (unpaired) electrons. The van der Waals surface area contributed by atoms with Crippen molar-refractivity contribution in [3.05, 3.63) is 0 Å². The van der Waals surface area contributed by atoms with E-state index >= 15 is 0 Å². The normalized spacial score (nSPS) is 19.6. The second kappa shape index (κ2) is 6.99. The Bertz CT molecular complexity index is 350. The Balaban J connectivity index is 2.49. The average molecular weight is 254 g/mol. The molecule has 1 heterocycles. The minimum atomic E-state index is -0.992. The van der Waals surface area contributed by atoms with Gasteiger partial charge in [0.05, 0.1) is 32.3 Å². The van der Waals surface area contributed by atoms with Crippen LogP contribution in [0, 0.1) is 12.3 Å². The van der Waals surface area contributed by atoms with Crippen LogP contribution in [0.5, 0.6) is 0 Å². The van der Waals surface area contributed by atoms with Crippen LogP contribution in [0.2, 0.25) is 0 Å². The first-order chi connectivity index (χ1) is 8.52. The van der Waals surface area contributed by atoms with E-state index in [1.165, 1.54) is 4.90 Å². The zero-order chi connectivity index (χ0) is 13.5. The fourth-order valence-electron chi connectivity index (χ4n) is 1.82. The third kappa shape index (κ3) is 4.73. The first kappa shape index (κ1) is 14.5. The van der Waals surface area contributed by atoms with E-state index < -0.39 is 5.97 Å². The second-order valence-electron chi connectivity index (χ2n) is 4.26. The van der Waals surface area contributed by atoms with Crippen molar-refractivity contribution >= 4 is 11.9 Å². The summed E-state index contributed by atoms with van der Waals surface area (Å²) < 4.78 is 5.34. The molecule has 0 saturated carbocycles. The highest BCUT2D eigenvalue weighted by Crippen LogP contribution is 2.05. The number of terminal acetylenes is 1. The Hall–Kier alpha value is -1.58. The van der Waals surface area contributed by atoms with Crippen molar-refractivity contribution in [3.8, 4) is 12.3 Å². The van der Waals surface area contributed by atoms with E-state index in [9.17, 15) is 9.59 Å². The lowest BCUT2D eigenvalue weighted by atomic mass is 10.3. The van der Waals surface area contributed by atoms with Crippen LogP contribution in [0.3, 0.4) is 0 Å². The van der Waals surface area contributed by atoms with Gasteiger partial charge in [-0.3, -0.25) is 14.5 Å². The average Bonchev–Trinajstić information content (AvgIpc) is 2.28. The molecule has 100 valence electrons. The molecular weight excluding hydrogens is 236 g/mol. The van der Waals surface area contributed by atoms with Crippen molar-refractivity contribution in [2.75, 3.05) is 39.3 Å². The number of nitrogens with zero attached hydrogens (tertiary/aromatic N) is 2. The fraction of sp³-hybridized carbons (Fsp3) is 0.667.